The van der Waals surface area contributed by atoms with Gasteiger partial charge in [0.25, 0.3) is 0 Å². The van der Waals surface area contributed by atoms with E-state index in [2.05, 4.69) is 17.1 Å². The molecule has 2 aliphatic carbocycles. The van der Waals surface area contributed by atoms with Crippen molar-refractivity contribution in [2.75, 3.05) is 0 Å². The van der Waals surface area contributed by atoms with Crippen molar-refractivity contribution in [2.45, 2.75) is 43.9 Å². The standard InChI is InChI=1S/C21H19ClN2O/c22-17-13-15(20-24-18-7-3-1-4-8-19(18)25-20)9-10-16(17)21(14-23)11-5-2-6-12-21/h1,4,7-10,13H,2-3,5-6,11-12H2. The molecule has 0 spiro atoms. The topological polar surface area (TPSA) is 49.8 Å². The monoisotopic (exact) mass is 350 g/mol. The van der Waals surface area contributed by atoms with E-state index in [9.17, 15) is 5.26 Å². The fraction of sp³-hybridized carbons (Fsp3) is 0.333. The number of fused-ring (bicyclic) bond motifs is 1. The van der Waals surface area contributed by atoms with Crippen molar-refractivity contribution in [2.24, 2.45) is 0 Å². The Kier molecular flexibility index (Phi) is 4.23. The Labute approximate surface area is 151 Å². The van der Waals surface area contributed by atoms with Gasteiger partial charge >= 0.3 is 0 Å². The summed E-state index contributed by atoms with van der Waals surface area (Å²) in [6, 6.07) is 8.37. The quantitative estimate of drug-likeness (QED) is 0.813. The molecule has 0 radical (unpaired) electrons. The molecular weight excluding hydrogens is 332 g/mol. The molecule has 1 aromatic carbocycles. The van der Waals surface area contributed by atoms with Crippen molar-refractivity contribution < 1.29 is 4.42 Å². The van der Waals surface area contributed by atoms with Gasteiger partial charge in [-0.05, 0) is 43.0 Å². The second-order valence-electron chi connectivity index (χ2n) is 6.75. The second kappa shape index (κ2) is 6.54. The van der Waals surface area contributed by atoms with Crippen molar-refractivity contribution in [3.63, 3.8) is 0 Å². The number of halogens is 1. The highest BCUT2D eigenvalue weighted by molar-refractivity contribution is 6.31. The third-order valence-corrected chi connectivity index (χ3v) is 5.48. The molecule has 0 saturated heterocycles. The van der Waals surface area contributed by atoms with Crippen molar-refractivity contribution >= 4 is 23.8 Å². The average molecular weight is 351 g/mol. The van der Waals surface area contributed by atoms with Crippen LogP contribution in [0.1, 0.15) is 44.1 Å². The van der Waals surface area contributed by atoms with Crippen LogP contribution in [0, 0.1) is 11.3 Å². The molecule has 0 atom stereocenters. The van der Waals surface area contributed by atoms with Crippen molar-refractivity contribution in [1.82, 2.24) is 4.98 Å². The number of benzene rings is 1. The van der Waals surface area contributed by atoms with Gasteiger partial charge in [0.2, 0.25) is 5.89 Å². The number of allylic oxidation sites excluding steroid dienone is 2. The normalized spacial score (nSPS) is 18.4. The van der Waals surface area contributed by atoms with Gasteiger partial charge in [-0.2, -0.15) is 5.26 Å². The van der Waals surface area contributed by atoms with Crippen LogP contribution in [0.2, 0.25) is 5.02 Å². The summed E-state index contributed by atoms with van der Waals surface area (Å²) in [5.74, 6) is 0.566. The molecule has 0 aliphatic heterocycles. The molecule has 25 heavy (non-hydrogen) atoms. The van der Waals surface area contributed by atoms with E-state index in [1.54, 1.807) is 0 Å². The minimum absolute atomic E-state index is 0.450. The van der Waals surface area contributed by atoms with Crippen LogP contribution < -0.4 is 10.8 Å². The van der Waals surface area contributed by atoms with Gasteiger partial charge in [-0.1, -0.05) is 55.2 Å². The van der Waals surface area contributed by atoms with Crippen molar-refractivity contribution in [1.29, 1.82) is 5.26 Å². The van der Waals surface area contributed by atoms with E-state index in [0.29, 0.717) is 10.9 Å². The fourth-order valence-electron chi connectivity index (χ4n) is 3.78. The third kappa shape index (κ3) is 2.92. The number of nitrogens with zero attached hydrogens (tertiary/aromatic N) is 2. The Hall–Kier alpha value is -2.31. The van der Waals surface area contributed by atoms with Gasteiger partial charge in [-0.25, -0.2) is 4.98 Å². The Balaban J connectivity index is 1.75. The number of nitriles is 1. The first kappa shape index (κ1) is 16.2. The molecule has 3 nitrogen and oxygen atoms in total. The molecule has 1 heterocycles. The predicted octanol–water partition coefficient (Wildman–Crippen LogP) is 4.24. The molecule has 2 aliphatic rings. The van der Waals surface area contributed by atoms with Gasteiger partial charge < -0.3 is 4.42 Å². The Bertz CT molecular complexity index is 988. The summed E-state index contributed by atoms with van der Waals surface area (Å²) in [6.45, 7) is 0. The molecule has 0 N–H and O–H groups in total. The maximum absolute atomic E-state index is 9.79. The van der Waals surface area contributed by atoms with Crippen LogP contribution in [0.4, 0.5) is 0 Å². The number of aromatic nitrogens is 1. The number of hydrogen-bond donors (Lipinski definition) is 0. The molecule has 126 valence electrons. The smallest absolute Gasteiger partial charge is 0.227 e. The first-order chi connectivity index (χ1) is 12.2. The Morgan fingerprint density at radius 1 is 1.20 bits per heavy atom. The van der Waals surface area contributed by atoms with Crippen LogP contribution in [0.5, 0.6) is 0 Å². The first-order valence-electron chi connectivity index (χ1n) is 8.77. The fourth-order valence-corrected chi connectivity index (χ4v) is 4.14. The van der Waals surface area contributed by atoms with Crippen LogP contribution in [0.3, 0.4) is 0 Å². The zero-order valence-corrected chi connectivity index (χ0v) is 14.7. The van der Waals surface area contributed by atoms with Gasteiger partial charge in [0.15, 0.2) is 5.42 Å². The van der Waals surface area contributed by atoms with Crippen LogP contribution in [-0.4, -0.2) is 4.98 Å². The van der Waals surface area contributed by atoms with Gasteiger partial charge in [0, 0.05) is 10.6 Å². The average Bonchev–Trinajstić information content (AvgIpc) is 2.93. The predicted molar refractivity (Wildman–Crippen MR) is 99.3 cm³/mol. The van der Waals surface area contributed by atoms with Crippen molar-refractivity contribution in [3.05, 3.63) is 51.7 Å². The van der Waals surface area contributed by atoms with Crippen LogP contribution in [-0.2, 0) is 5.41 Å². The maximum Gasteiger partial charge on any atom is 0.227 e. The summed E-state index contributed by atoms with van der Waals surface area (Å²) >= 11 is 6.59. The largest absolute Gasteiger partial charge is 0.436 e. The summed E-state index contributed by atoms with van der Waals surface area (Å²) < 4.78 is 5.89. The summed E-state index contributed by atoms with van der Waals surface area (Å²) in [7, 11) is 0. The lowest BCUT2D eigenvalue weighted by Crippen LogP contribution is -2.27. The number of rotatable bonds is 2. The molecule has 4 rings (SSSR count). The van der Waals surface area contributed by atoms with E-state index in [1.807, 2.05) is 36.4 Å². The lowest BCUT2D eigenvalue weighted by atomic mass is 9.70. The molecule has 4 heteroatoms. The molecule has 0 bridgehead atoms. The molecule has 0 unspecified atom stereocenters. The highest BCUT2D eigenvalue weighted by Gasteiger charge is 2.35. The number of oxazole rings is 1. The summed E-state index contributed by atoms with van der Waals surface area (Å²) in [5.41, 5.74) is 2.10. The first-order valence-corrected chi connectivity index (χ1v) is 9.15. The Morgan fingerprint density at radius 2 is 2.04 bits per heavy atom. The third-order valence-electron chi connectivity index (χ3n) is 5.16. The summed E-state index contributed by atoms with van der Waals surface area (Å²) in [6.07, 6.45) is 14.0. The zero-order chi connectivity index (χ0) is 17.3. The van der Waals surface area contributed by atoms with E-state index in [0.717, 1.165) is 54.0 Å². The Morgan fingerprint density at radius 3 is 2.80 bits per heavy atom. The lowest BCUT2D eigenvalue weighted by molar-refractivity contribution is 0.366. The highest BCUT2D eigenvalue weighted by Crippen LogP contribution is 2.42. The van der Waals surface area contributed by atoms with E-state index in [-0.39, 0.29) is 0 Å². The van der Waals surface area contributed by atoms with Crippen molar-refractivity contribution in [3.8, 4) is 17.5 Å². The lowest BCUT2D eigenvalue weighted by Gasteiger charge is -2.31. The van der Waals surface area contributed by atoms with Crippen LogP contribution in [0.15, 0.2) is 34.8 Å². The minimum Gasteiger partial charge on any atom is -0.436 e. The zero-order valence-electron chi connectivity index (χ0n) is 14.0. The molecule has 0 amide bonds. The van der Waals surface area contributed by atoms with E-state index >= 15 is 0 Å². The second-order valence-corrected chi connectivity index (χ2v) is 7.16. The summed E-state index contributed by atoms with van der Waals surface area (Å²) in [4.78, 5) is 4.58. The van der Waals surface area contributed by atoms with Gasteiger partial charge in [-0.3, -0.25) is 0 Å². The maximum atomic E-state index is 9.79. The van der Waals surface area contributed by atoms with E-state index in [4.69, 9.17) is 16.0 Å². The van der Waals surface area contributed by atoms with Crippen LogP contribution >= 0.6 is 11.6 Å². The SMILES string of the molecule is N#CC1(c2ccc(-c3nc4c(o3)=CC=CCC=4)cc2Cl)CCCCC1. The molecule has 1 saturated carbocycles. The van der Waals surface area contributed by atoms with E-state index < -0.39 is 5.41 Å². The van der Waals surface area contributed by atoms with Gasteiger partial charge in [-0.15, -0.1) is 0 Å². The highest BCUT2D eigenvalue weighted by atomic mass is 35.5. The van der Waals surface area contributed by atoms with Gasteiger partial charge in [0.05, 0.1) is 11.5 Å². The molecular formula is C21H19ClN2O. The van der Waals surface area contributed by atoms with E-state index in [1.165, 1.54) is 6.42 Å². The molecule has 1 aromatic heterocycles. The van der Waals surface area contributed by atoms with Crippen LogP contribution in [0.25, 0.3) is 23.6 Å². The number of hydrogen-bond acceptors (Lipinski definition) is 3. The minimum atomic E-state index is -0.450. The summed E-state index contributed by atoms with van der Waals surface area (Å²) in [5, 5.41) is 11.3. The molecule has 1 fully saturated rings. The molecule has 2 aromatic rings. The van der Waals surface area contributed by atoms with Gasteiger partial charge in [0.1, 0.15) is 5.35 Å².